The van der Waals surface area contributed by atoms with Gasteiger partial charge >= 0.3 is 0 Å². The highest BCUT2D eigenvalue weighted by Gasteiger charge is 2.24. The van der Waals surface area contributed by atoms with Crippen LogP contribution in [0.3, 0.4) is 0 Å². The Kier molecular flexibility index (Phi) is 4.02. The summed E-state index contributed by atoms with van der Waals surface area (Å²) in [6, 6.07) is 0.260. The van der Waals surface area contributed by atoms with E-state index in [2.05, 4.69) is 36.2 Å². The summed E-state index contributed by atoms with van der Waals surface area (Å²) in [6.45, 7) is 10.4. The van der Waals surface area contributed by atoms with Crippen molar-refractivity contribution < 1.29 is 9.57 Å². The third kappa shape index (κ3) is 3.53. The Labute approximate surface area is 109 Å². The number of rotatable bonds is 2. The van der Waals surface area contributed by atoms with Gasteiger partial charge in [-0.2, -0.15) is 5.48 Å². The minimum absolute atomic E-state index is 0.102. The van der Waals surface area contributed by atoms with Crippen LogP contribution in [0, 0.1) is 5.41 Å². The van der Waals surface area contributed by atoms with Gasteiger partial charge in [0, 0.05) is 11.1 Å². The minimum atomic E-state index is 0.102. The zero-order valence-electron chi connectivity index (χ0n) is 11.7. The fraction of sp³-hybridized carbons (Fsp3) is 0.846. The summed E-state index contributed by atoms with van der Waals surface area (Å²) in [5.41, 5.74) is 4.21. The van der Waals surface area contributed by atoms with E-state index in [0.29, 0.717) is 19.7 Å². The number of hydrogen-bond donors (Lipinski definition) is 1. The molecule has 2 unspecified atom stereocenters. The van der Waals surface area contributed by atoms with Gasteiger partial charge in [0.2, 0.25) is 5.90 Å². The highest BCUT2D eigenvalue weighted by Crippen LogP contribution is 2.18. The molecular weight excluding hydrogens is 230 g/mol. The number of hydrogen-bond acceptors (Lipinski definition) is 5. The second kappa shape index (κ2) is 5.36. The Morgan fingerprint density at radius 1 is 1.33 bits per heavy atom. The van der Waals surface area contributed by atoms with Crippen LogP contribution in [0.2, 0.25) is 0 Å². The van der Waals surface area contributed by atoms with Crippen molar-refractivity contribution in [2.75, 3.05) is 19.7 Å². The van der Waals surface area contributed by atoms with Crippen molar-refractivity contribution in [3.8, 4) is 0 Å². The first kappa shape index (κ1) is 13.5. The average Bonchev–Trinajstić information content (AvgIpc) is 2.72. The zero-order chi connectivity index (χ0) is 13.2. The Hall–Kier alpha value is -0.940. The highest BCUT2D eigenvalue weighted by atomic mass is 16.7. The van der Waals surface area contributed by atoms with Gasteiger partial charge in [-0.15, -0.1) is 0 Å². The Morgan fingerprint density at radius 2 is 2.11 bits per heavy atom. The molecule has 18 heavy (non-hydrogen) atoms. The molecule has 1 N–H and O–H groups in total. The summed E-state index contributed by atoms with van der Waals surface area (Å²) < 4.78 is 5.68. The molecule has 0 radical (unpaired) electrons. The molecule has 0 aromatic heterocycles. The van der Waals surface area contributed by atoms with Gasteiger partial charge in [0.05, 0.1) is 18.7 Å². The molecule has 1 saturated heterocycles. The van der Waals surface area contributed by atoms with Gasteiger partial charge in [-0.1, -0.05) is 20.8 Å². The number of ether oxygens (including phenoxy) is 1. The zero-order valence-corrected chi connectivity index (χ0v) is 11.7. The number of nitrogens with one attached hydrogen (secondary N) is 1. The summed E-state index contributed by atoms with van der Waals surface area (Å²) in [5, 5.41) is 0. The van der Waals surface area contributed by atoms with Crippen molar-refractivity contribution in [1.29, 1.82) is 0 Å². The molecule has 2 rings (SSSR count). The molecule has 0 aromatic rings. The van der Waals surface area contributed by atoms with Crippen molar-refractivity contribution in [2.45, 2.75) is 46.3 Å². The van der Waals surface area contributed by atoms with E-state index in [4.69, 9.17) is 9.57 Å². The second-order valence-electron chi connectivity index (χ2n) is 6.01. The van der Waals surface area contributed by atoms with Crippen LogP contribution in [0.5, 0.6) is 0 Å². The summed E-state index contributed by atoms with van der Waals surface area (Å²) in [6.07, 6.45) is 1.24. The summed E-state index contributed by atoms with van der Waals surface area (Å²) in [7, 11) is 0. The minimum Gasteiger partial charge on any atom is -0.478 e. The van der Waals surface area contributed by atoms with Gasteiger partial charge < -0.3 is 4.74 Å². The molecule has 0 spiro atoms. The number of nitrogens with zero attached hydrogens (tertiary/aromatic N) is 2. The Bertz CT molecular complexity index is 358. The van der Waals surface area contributed by atoms with Crippen LogP contribution in [-0.4, -0.2) is 43.5 Å². The Balaban J connectivity index is 1.75. The second-order valence-corrected chi connectivity index (χ2v) is 6.01. The van der Waals surface area contributed by atoms with E-state index in [1.807, 2.05) is 6.92 Å². The fourth-order valence-electron chi connectivity index (χ4n) is 2.00. The molecule has 2 aliphatic heterocycles. The summed E-state index contributed by atoms with van der Waals surface area (Å²) in [5.74, 6) is 0.740. The smallest absolute Gasteiger partial charge is 0.205 e. The Morgan fingerprint density at radius 3 is 2.61 bits per heavy atom. The van der Waals surface area contributed by atoms with Crippen LogP contribution in [0.15, 0.2) is 9.98 Å². The van der Waals surface area contributed by atoms with Crippen molar-refractivity contribution in [3.63, 3.8) is 0 Å². The van der Waals surface area contributed by atoms with E-state index in [1.54, 1.807) is 0 Å². The quantitative estimate of drug-likeness (QED) is 0.813. The molecule has 5 nitrogen and oxygen atoms in total. The molecule has 102 valence electrons. The molecule has 0 aliphatic carbocycles. The molecular formula is C13H23N3O2. The van der Waals surface area contributed by atoms with E-state index in [1.165, 1.54) is 0 Å². The third-order valence-electron chi connectivity index (χ3n) is 3.18. The maximum Gasteiger partial charge on any atom is 0.205 e. The first-order chi connectivity index (χ1) is 8.45. The van der Waals surface area contributed by atoms with Crippen LogP contribution in [0.4, 0.5) is 0 Å². The topological polar surface area (TPSA) is 55.2 Å². The molecule has 2 atom stereocenters. The van der Waals surface area contributed by atoms with Gasteiger partial charge in [-0.3, -0.25) is 9.83 Å². The molecule has 5 heteroatoms. The van der Waals surface area contributed by atoms with Crippen LogP contribution < -0.4 is 5.48 Å². The predicted molar refractivity (Wildman–Crippen MR) is 72.1 cm³/mol. The maximum absolute atomic E-state index is 5.68. The van der Waals surface area contributed by atoms with Crippen molar-refractivity contribution in [1.82, 2.24) is 5.48 Å². The van der Waals surface area contributed by atoms with Gasteiger partial charge in [-0.25, -0.2) is 4.99 Å². The fourth-order valence-corrected chi connectivity index (χ4v) is 2.00. The molecule has 2 aliphatic rings. The first-order valence-electron chi connectivity index (χ1n) is 6.56. The van der Waals surface area contributed by atoms with E-state index >= 15 is 0 Å². The maximum atomic E-state index is 5.68. The van der Waals surface area contributed by atoms with Gasteiger partial charge in [0.15, 0.2) is 0 Å². The normalized spacial score (nSPS) is 28.9. The molecule has 0 bridgehead atoms. The van der Waals surface area contributed by atoms with Gasteiger partial charge in [0.1, 0.15) is 13.2 Å². The number of aliphatic imine (C=N–C) groups is 2. The van der Waals surface area contributed by atoms with Crippen LogP contribution in [0.25, 0.3) is 0 Å². The molecule has 0 saturated carbocycles. The molecule has 0 amide bonds. The first-order valence-corrected chi connectivity index (χ1v) is 6.56. The predicted octanol–water partition coefficient (Wildman–Crippen LogP) is 1.58. The third-order valence-corrected chi connectivity index (χ3v) is 3.18. The highest BCUT2D eigenvalue weighted by molar-refractivity contribution is 5.96. The molecule has 2 heterocycles. The standard InChI is InChI=1S/C13H23N3O2/c1-9-5-10(16-18-9)8-17-12-7-14-11(6-15-12)13(2,3)4/h9-10,16H,5-8H2,1-4H3. The molecule has 0 aromatic carbocycles. The average molecular weight is 253 g/mol. The van der Waals surface area contributed by atoms with E-state index in [-0.39, 0.29) is 17.6 Å². The summed E-state index contributed by atoms with van der Waals surface area (Å²) in [4.78, 5) is 14.3. The van der Waals surface area contributed by atoms with Crippen molar-refractivity contribution >= 4 is 11.6 Å². The summed E-state index contributed by atoms with van der Waals surface area (Å²) >= 11 is 0. The van der Waals surface area contributed by atoms with Gasteiger partial charge in [0.25, 0.3) is 0 Å². The monoisotopic (exact) mass is 253 g/mol. The SMILES string of the molecule is CC1CC(COC2=NCC(C(C)(C)C)=NC2)NO1. The van der Waals surface area contributed by atoms with Crippen LogP contribution in [0.1, 0.15) is 34.1 Å². The van der Waals surface area contributed by atoms with Crippen LogP contribution >= 0.6 is 0 Å². The lowest BCUT2D eigenvalue weighted by molar-refractivity contribution is 0.0311. The lowest BCUT2D eigenvalue weighted by Crippen LogP contribution is -2.32. The van der Waals surface area contributed by atoms with E-state index in [0.717, 1.165) is 18.0 Å². The largest absolute Gasteiger partial charge is 0.478 e. The van der Waals surface area contributed by atoms with Gasteiger partial charge in [-0.05, 0) is 13.3 Å². The van der Waals surface area contributed by atoms with Crippen LogP contribution in [-0.2, 0) is 9.57 Å². The molecule has 1 fully saturated rings. The van der Waals surface area contributed by atoms with Crippen molar-refractivity contribution in [3.05, 3.63) is 0 Å². The lowest BCUT2D eigenvalue weighted by Gasteiger charge is -2.23. The van der Waals surface area contributed by atoms with E-state index in [9.17, 15) is 0 Å². The van der Waals surface area contributed by atoms with Crippen molar-refractivity contribution in [2.24, 2.45) is 15.4 Å². The lowest BCUT2D eigenvalue weighted by atomic mass is 9.89. The van der Waals surface area contributed by atoms with E-state index < -0.39 is 0 Å². The number of hydroxylamine groups is 1.